The summed E-state index contributed by atoms with van der Waals surface area (Å²) in [6.07, 6.45) is 7.53. The summed E-state index contributed by atoms with van der Waals surface area (Å²) in [6.45, 7) is 0. The predicted molar refractivity (Wildman–Crippen MR) is 125 cm³/mol. The van der Waals surface area contributed by atoms with Crippen LogP contribution in [0.1, 0.15) is 82.0 Å². The van der Waals surface area contributed by atoms with Crippen LogP contribution >= 0.6 is 11.3 Å². The van der Waals surface area contributed by atoms with Gasteiger partial charge in [0.25, 0.3) is 5.91 Å². The summed E-state index contributed by atoms with van der Waals surface area (Å²) in [4.78, 5) is 14.9. The van der Waals surface area contributed by atoms with E-state index in [1.165, 1.54) is 54.5 Å². The lowest BCUT2D eigenvalue weighted by molar-refractivity contribution is 0.103. The topological polar surface area (TPSA) is 55.1 Å². The number of carbonyl (C=O) groups excluding carboxylic acids is 1. The van der Waals surface area contributed by atoms with Crippen molar-refractivity contribution in [1.82, 2.24) is 0 Å². The van der Waals surface area contributed by atoms with Crippen LogP contribution < -0.4 is 11.1 Å². The Balaban J connectivity index is 1.27. The fraction of sp³-hybridized carbons (Fsp3) is 0.346. The molecule has 3 N–H and O–H groups in total. The summed E-state index contributed by atoms with van der Waals surface area (Å²) in [7, 11) is 0. The lowest BCUT2D eigenvalue weighted by Crippen LogP contribution is -2.11. The molecule has 154 valence electrons. The van der Waals surface area contributed by atoms with Crippen molar-refractivity contribution in [2.75, 3.05) is 11.1 Å². The van der Waals surface area contributed by atoms with Gasteiger partial charge in [-0.05, 0) is 85.0 Å². The van der Waals surface area contributed by atoms with Crippen LogP contribution in [0, 0.1) is 0 Å². The maximum atomic E-state index is 12.8. The van der Waals surface area contributed by atoms with E-state index >= 15 is 0 Å². The lowest BCUT2D eigenvalue weighted by atomic mass is 9.80. The van der Waals surface area contributed by atoms with Gasteiger partial charge in [0.15, 0.2) is 0 Å². The van der Waals surface area contributed by atoms with E-state index in [0.717, 1.165) is 22.2 Å². The summed E-state index contributed by atoms with van der Waals surface area (Å²) in [5.74, 6) is 1.71. The van der Waals surface area contributed by atoms with E-state index in [0.29, 0.717) is 11.8 Å². The summed E-state index contributed by atoms with van der Waals surface area (Å²) in [5, 5.41) is 3.07. The van der Waals surface area contributed by atoms with Crippen molar-refractivity contribution >= 4 is 28.6 Å². The van der Waals surface area contributed by atoms with Crippen LogP contribution in [0.3, 0.4) is 0 Å². The van der Waals surface area contributed by atoms with Crippen LogP contribution in [0.5, 0.6) is 0 Å². The zero-order valence-electron chi connectivity index (χ0n) is 17.1. The van der Waals surface area contributed by atoms with Crippen LogP contribution in [-0.2, 0) is 0 Å². The van der Waals surface area contributed by atoms with E-state index in [-0.39, 0.29) is 5.91 Å². The minimum Gasteiger partial charge on any atom is -0.399 e. The van der Waals surface area contributed by atoms with E-state index in [1.54, 1.807) is 11.3 Å². The molecule has 2 aliphatic rings. The second-order valence-electron chi connectivity index (χ2n) is 8.72. The summed E-state index contributed by atoms with van der Waals surface area (Å²) in [5.41, 5.74) is 10.3. The number of nitrogen functional groups attached to an aromatic ring is 1. The molecule has 2 unspecified atom stereocenters. The zero-order chi connectivity index (χ0) is 20.5. The maximum Gasteiger partial charge on any atom is 0.265 e. The van der Waals surface area contributed by atoms with E-state index in [1.807, 2.05) is 30.3 Å². The van der Waals surface area contributed by atoms with Crippen LogP contribution in [0.25, 0.3) is 0 Å². The first-order valence-corrected chi connectivity index (χ1v) is 11.9. The summed E-state index contributed by atoms with van der Waals surface area (Å²) in [6, 6.07) is 20.8. The number of hydrogen-bond acceptors (Lipinski definition) is 3. The molecule has 1 heterocycles. The molecule has 3 aromatic rings. The zero-order valence-corrected chi connectivity index (χ0v) is 18.0. The maximum absolute atomic E-state index is 12.8. The molecule has 0 spiro atoms. The van der Waals surface area contributed by atoms with Crippen molar-refractivity contribution in [1.29, 1.82) is 0 Å². The third kappa shape index (κ3) is 3.89. The number of anilines is 2. The quantitative estimate of drug-likeness (QED) is 0.444. The van der Waals surface area contributed by atoms with Gasteiger partial charge in [-0.15, -0.1) is 11.3 Å². The molecule has 2 fully saturated rings. The molecule has 2 aromatic carbocycles. The molecule has 30 heavy (non-hydrogen) atoms. The Bertz CT molecular complexity index is 1020. The van der Waals surface area contributed by atoms with Gasteiger partial charge < -0.3 is 11.1 Å². The normalized spacial score (nSPS) is 21.3. The number of carbonyl (C=O) groups is 1. The van der Waals surface area contributed by atoms with Gasteiger partial charge in [-0.1, -0.05) is 37.1 Å². The molecule has 0 radical (unpaired) electrons. The van der Waals surface area contributed by atoms with Gasteiger partial charge in [0, 0.05) is 22.2 Å². The fourth-order valence-electron chi connectivity index (χ4n) is 4.89. The van der Waals surface area contributed by atoms with Crippen LogP contribution in [0.4, 0.5) is 11.4 Å². The highest BCUT2D eigenvalue weighted by Gasteiger charge is 2.31. The first kappa shape index (κ1) is 19.4. The number of amides is 1. The second-order valence-corrected chi connectivity index (χ2v) is 9.83. The molecular weight excluding hydrogens is 388 g/mol. The van der Waals surface area contributed by atoms with Crippen molar-refractivity contribution in [3.8, 4) is 0 Å². The number of thiophene rings is 1. The highest BCUT2D eigenvalue weighted by atomic mass is 32.1. The smallest absolute Gasteiger partial charge is 0.265 e. The SMILES string of the molecule is Nc1ccc(C2CCCC2c2ccc(C(=O)Nc3ccc(C4CCC4)cc3)s2)cc1. The molecule has 0 saturated heterocycles. The molecule has 5 rings (SSSR count). The Labute approximate surface area is 182 Å². The van der Waals surface area contributed by atoms with Crippen LogP contribution in [0.2, 0.25) is 0 Å². The average molecular weight is 417 g/mol. The van der Waals surface area contributed by atoms with Crippen molar-refractivity contribution in [2.45, 2.75) is 56.3 Å². The van der Waals surface area contributed by atoms with Gasteiger partial charge in [0.2, 0.25) is 0 Å². The van der Waals surface area contributed by atoms with Gasteiger partial charge in [-0.25, -0.2) is 0 Å². The molecule has 3 nitrogen and oxygen atoms in total. The monoisotopic (exact) mass is 416 g/mol. The first-order chi connectivity index (χ1) is 14.7. The number of benzene rings is 2. The number of rotatable bonds is 5. The molecular formula is C26H28N2OS. The number of nitrogens with one attached hydrogen (secondary N) is 1. The van der Waals surface area contributed by atoms with E-state index in [2.05, 4.69) is 35.6 Å². The molecule has 0 aliphatic heterocycles. The fourth-order valence-corrected chi connectivity index (χ4v) is 5.99. The van der Waals surface area contributed by atoms with E-state index in [9.17, 15) is 4.79 Å². The van der Waals surface area contributed by atoms with Gasteiger partial charge in [-0.2, -0.15) is 0 Å². The molecule has 4 heteroatoms. The van der Waals surface area contributed by atoms with Crippen molar-refractivity contribution in [3.63, 3.8) is 0 Å². The minimum absolute atomic E-state index is 0.00956. The Kier molecular flexibility index (Phi) is 5.34. The molecule has 1 amide bonds. The lowest BCUT2D eigenvalue weighted by Gasteiger charge is -2.25. The molecule has 2 saturated carbocycles. The van der Waals surface area contributed by atoms with Crippen LogP contribution in [-0.4, -0.2) is 5.91 Å². The molecule has 1 aromatic heterocycles. The standard InChI is InChI=1S/C26H28N2OS/c27-20-11-7-19(8-12-20)22-5-2-6-23(22)24-15-16-25(30-24)26(29)28-21-13-9-18(10-14-21)17-3-1-4-17/h7-17,22-23H,1-6,27H2,(H,28,29). The molecule has 2 aliphatic carbocycles. The van der Waals surface area contributed by atoms with Crippen molar-refractivity contribution in [2.24, 2.45) is 0 Å². The molecule has 2 atom stereocenters. The van der Waals surface area contributed by atoms with Gasteiger partial charge in [-0.3, -0.25) is 4.79 Å². The van der Waals surface area contributed by atoms with E-state index < -0.39 is 0 Å². The third-order valence-electron chi connectivity index (χ3n) is 6.84. The van der Waals surface area contributed by atoms with Gasteiger partial charge in [0.05, 0.1) is 4.88 Å². The third-order valence-corrected chi connectivity index (χ3v) is 8.06. The Morgan fingerprint density at radius 2 is 1.47 bits per heavy atom. The Morgan fingerprint density at radius 3 is 2.17 bits per heavy atom. The summed E-state index contributed by atoms with van der Waals surface area (Å²) < 4.78 is 0. The van der Waals surface area contributed by atoms with Gasteiger partial charge >= 0.3 is 0 Å². The van der Waals surface area contributed by atoms with Gasteiger partial charge in [0.1, 0.15) is 0 Å². The highest BCUT2D eigenvalue weighted by Crippen LogP contribution is 2.47. The Hall–Kier alpha value is -2.59. The largest absolute Gasteiger partial charge is 0.399 e. The predicted octanol–water partition coefficient (Wildman–Crippen LogP) is 6.90. The van der Waals surface area contributed by atoms with Crippen molar-refractivity contribution in [3.05, 3.63) is 81.5 Å². The van der Waals surface area contributed by atoms with E-state index in [4.69, 9.17) is 5.73 Å². The average Bonchev–Trinajstić information content (AvgIpc) is 3.38. The minimum atomic E-state index is -0.00956. The first-order valence-electron chi connectivity index (χ1n) is 11.0. The summed E-state index contributed by atoms with van der Waals surface area (Å²) >= 11 is 1.64. The number of hydrogen-bond donors (Lipinski definition) is 2. The molecule has 0 bridgehead atoms. The number of nitrogens with two attached hydrogens (primary N) is 1. The van der Waals surface area contributed by atoms with Crippen LogP contribution in [0.15, 0.2) is 60.7 Å². The Morgan fingerprint density at radius 1 is 0.800 bits per heavy atom. The highest BCUT2D eigenvalue weighted by molar-refractivity contribution is 7.14. The second kappa shape index (κ2) is 8.27. The van der Waals surface area contributed by atoms with Crippen molar-refractivity contribution < 1.29 is 4.79 Å².